The van der Waals surface area contributed by atoms with E-state index in [1.54, 1.807) is 30.3 Å². The molecule has 27 heavy (non-hydrogen) atoms. The third kappa shape index (κ3) is 5.40. The number of carboxylic acids is 1. The number of benzene rings is 1. The first kappa shape index (κ1) is 21.6. The van der Waals surface area contributed by atoms with Gasteiger partial charge in [-0.15, -0.1) is 0 Å². The number of alkyl halides is 3. The van der Waals surface area contributed by atoms with Gasteiger partial charge in [-0.05, 0) is 18.4 Å². The molecule has 2 atom stereocenters. The van der Waals surface area contributed by atoms with Crippen LogP contribution < -0.4 is 0 Å². The maximum Gasteiger partial charge on any atom is 0.407 e. The van der Waals surface area contributed by atoms with Crippen molar-refractivity contribution in [3.05, 3.63) is 35.9 Å². The van der Waals surface area contributed by atoms with E-state index in [2.05, 4.69) is 0 Å². The molecule has 148 valence electrons. The maximum atomic E-state index is 12.8. The fraction of sp³-hybridized carbons (Fsp3) is 0.471. The van der Waals surface area contributed by atoms with Crippen LogP contribution in [0.5, 0.6) is 0 Å². The molecule has 1 amide bonds. The number of amides is 1. The zero-order chi connectivity index (χ0) is 20.2. The Morgan fingerprint density at radius 3 is 2.33 bits per heavy atom. The van der Waals surface area contributed by atoms with E-state index < -0.39 is 39.9 Å². The summed E-state index contributed by atoms with van der Waals surface area (Å²) in [4.78, 5) is 36.9. The first-order valence-corrected chi connectivity index (χ1v) is 9.22. The molecule has 7 nitrogen and oxygen atoms in total. The smallest absolute Gasteiger partial charge is 0.407 e. The van der Waals surface area contributed by atoms with E-state index >= 15 is 0 Å². The minimum absolute atomic E-state index is 0.0414. The Labute approximate surface area is 170 Å². The summed E-state index contributed by atoms with van der Waals surface area (Å²) >= 11 is 17.5. The summed E-state index contributed by atoms with van der Waals surface area (Å²) in [6.45, 7) is -0.348. The molecule has 1 aliphatic heterocycles. The average molecular weight is 439 g/mol. The molecule has 1 aliphatic rings. The van der Waals surface area contributed by atoms with E-state index in [0.717, 1.165) is 4.90 Å². The molecule has 0 saturated carbocycles. The minimum atomic E-state index is -2.00. The topological polar surface area (TPSA) is 104 Å². The summed E-state index contributed by atoms with van der Waals surface area (Å²) in [6, 6.07) is 8.48. The lowest BCUT2D eigenvalue weighted by Gasteiger charge is -2.37. The summed E-state index contributed by atoms with van der Waals surface area (Å²) in [5.41, 5.74) is -1.47. The van der Waals surface area contributed by atoms with Crippen molar-refractivity contribution >= 4 is 52.8 Å². The van der Waals surface area contributed by atoms with E-state index in [4.69, 9.17) is 39.5 Å². The van der Waals surface area contributed by atoms with Gasteiger partial charge < -0.3 is 19.8 Å². The Kier molecular flexibility index (Phi) is 6.83. The maximum absolute atomic E-state index is 12.8. The van der Waals surface area contributed by atoms with Crippen LogP contribution in [0.25, 0.3) is 0 Å². The number of carboxylic acid groups (broad SMARTS) is 2. The lowest BCUT2D eigenvalue weighted by molar-refractivity contribution is -0.176. The quantitative estimate of drug-likeness (QED) is 0.411. The van der Waals surface area contributed by atoms with Gasteiger partial charge in [0.1, 0.15) is 6.10 Å². The van der Waals surface area contributed by atoms with Crippen LogP contribution in [0.15, 0.2) is 30.3 Å². The van der Waals surface area contributed by atoms with Crippen LogP contribution in [0.3, 0.4) is 0 Å². The van der Waals surface area contributed by atoms with Crippen molar-refractivity contribution in [1.29, 1.82) is 0 Å². The number of halogens is 3. The van der Waals surface area contributed by atoms with E-state index in [-0.39, 0.29) is 25.8 Å². The highest BCUT2D eigenvalue weighted by Gasteiger charge is 2.52. The lowest BCUT2D eigenvalue weighted by Crippen LogP contribution is -2.54. The highest BCUT2D eigenvalue weighted by Crippen LogP contribution is 2.40. The van der Waals surface area contributed by atoms with Gasteiger partial charge in [-0.1, -0.05) is 65.1 Å². The van der Waals surface area contributed by atoms with Crippen molar-refractivity contribution in [2.45, 2.75) is 29.2 Å². The van der Waals surface area contributed by atoms with Crippen molar-refractivity contribution in [3.63, 3.8) is 0 Å². The number of aliphatic carboxylic acids is 1. The van der Waals surface area contributed by atoms with Gasteiger partial charge in [-0.25, -0.2) is 4.79 Å². The van der Waals surface area contributed by atoms with Crippen molar-refractivity contribution in [2.24, 2.45) is 5.41 Å². The number of hydrogen-bond acceptors (Lipinski definition) is 4. The van der Waals surface area contributed by atoms with Crippen LogP contribution in [-0.2, 0) is 14.3 Å². The molecule has 0 aliphatic carbocycles. The zero-order valence-electron chi connectivity index (χ0n) is 14.1. The minimum Gasteiger partial charge on any atom is -0.480 e. The van der Waals surface area contributed by atoms with Crippen LogP contribution in [0.1, 0.15) is 30.9 Å². The third-order valence-electron chi connectivity index (χ3n) is 4.40. The van der Waals surface area contributed by atoms with E-state index in [0.29, 0.717) is 5.56 Å². The van der Waals surface area contributed by atoms with Gasteiger partial charge >= 0.3 is 18.0 Å². The van der Waals surface area contributed by atoms with Crippen LogP contribution >= 0.6 is 34.8 Å². The van der Waals surface area contributed by atoms with E-state index in [9.17, 15) is 24.6 Å². The number of rotatable bonds is 5. The number of carbonyl (C=O) groups excluding carboxylic acids is 1. The number of ether oxygens (including phenoxy) is 1. The van der Waals surface area contributed by atoms with E-state index in [1.165, 1.54) is 0 Å². The van der Waals surface area contributed by atoms with Gasteiger partial charge in [0.2, 0.25) is 0 Å². The Balaban J connectivity index is 2.30. The number of nitrogens with zero attached hydrogens (tertiary/aromatic N) is 1. The molecule has 1 aromatic rings. The fourth-order valence-corrected chi connectivity index (χ4v) is 3.42. The Morgan fingerprint density at radius 2 is 1.81 bits per heavy atom. The number of piperidine rings is 1. The molecule has 1 saturated heterocycles. The molecule has 0 bridgehead atoms. The second-order valence-electron chi connectivity index (χ2n) is 6.32. The number of carbonyl (C=O) groups is 3. The van der Waals surface area contributed by atoms with Gasteiger partial charge in [0.05, 0.1) is 6.54 Å². The Hall–Kier alpha value is -1.70. The summed E-state index contributed by atoms with van der Waals surface area (Å²) in [6.07, 6.45) is -2.31. The summed E-state index contributed by atoms with van der Waals surface area (Å²) in [5.74, 6) is -2.50. The van der Waals surface area contributed by atoms with Crippen molar-refractivity contribution in [2.75, 3.05) is 13.1 Å². The highest BCUT2D eigenvalue weighted by molar-refractivity contribution is 6.67. The van der Waals surface area contributed by atoms with Gasteiger partial charge in [0.25, 0.3) is 0 Å². The SMILES string of the molecule is O=C(O)N1CCCC(C(=O)O)(C(=O)OC(CC(Cl)(Cl)Cl)c2ccccc2)C1. The van der Waals surface area contributed by atoms with Crippen molar-refractivity contribution in [3.8, 4) is 0 Å². The number of esters is 1. The van der Waals surface area contributed by atoms with Gasteiger partial charge in [0.15, 0.2) is 9.21 Å². The van der Waals surface area contributed by atoms with Gasteiger partial charge in [0, 0.05) is 13.0 Å². The third-order valence-corrected chi connectivity index (χ3v) is 4.86. The molecule has 10 heteroatoms. The molecule has 0 radical (unpaired) electrons. The van der Waals surface area contributed by atoms with Gasteiger partial charge in [-0.3, -0.25) is 9.59 Å². The predicted octanol–water partition coefficient (Wildman–Crippen LogP) is 3.88. The molecule has 2 N–H and O–H groups in total. The lowest BCUT2D eigenvalue weighted by atomic mass is 9.80. The number of likely N-dealkylation sites (tertiary alicyclic amines) is 1. The highest BCUT2D eigenvalue weighted by atomic mass is 35.6. The molecule has 0 aromatic heterocycles. The van der Waals surface area contributed by atoms with Gasteiger partial charge in [-0.2, -0.15) is 0 Å². The molecule has 1 fully saturated rings. The Bertz CT molecular complexity index is 708. The van der Waals surface area contributed by atoms with E-state index in [1.807, 2.05) is 0 Å². The molecule has 2 rings (SSSR count). The summed E-state index contributed by atoms with van der Waals surface area (Å²) in [5, 5.41) is 18.9. The van der Waals surface area contributed by atoms with Crippen molar-refractivity contribution in [1.82, 2.24) is 4.90 Å². The predicted molar refractivity (Wildman–Crippen MR) is 99.1 cm³/mol. The second-order valence-corrected chi connectivity index (χ2v) is 8.83. The normalized spacial score (nSPS) is 21.4. The molecule has 0 spiro atoms. The van der Waals surface area contributed by atoms with Crippen molar-refractivity contribution < 1.29 is 29.3 Å². The van der Waals surface area contributed by atoms with Crippen LogP contribution in [0, 0.1) is 5.41 Å². The molecular weight excluding hydrogens is 421 g/mol. The summed E-state index contributed by atoms with van der Waals surface area (Å²) < 4.78 is 3.71. The number of hydrogen-bond donors (Lipinski definition) is 2. The fourth-order valence-electron chi connectivity index (χ4n) is 2.99. The largest absolute Gasteiger partial charge is 0.480 e. The zero-order valence-corrected chi connectivity index (χ0v) is 16.4. The Morgan fingerprint density at radius 1 is 1.19 bits per heavy atom. The van der Waals surface area contributed by atoms with Crippen LogP contribution in [-0.4, -0.2) is 50.0 Å². The molecule has 1 heterocycles. The van der Waals surface area contributed by atoms with Crippen LogP contribution in [0.4, 0.5) is 4.79 Å². The second kappa shape index (κ2) is 8.54. The summed E-state index contributed by atoms with van der Waals surface area (Å²) in [7, 11) is 0. The van der Waals surface area contributed by atoms with Crippen LogP contribution in [0.2, 0.25) is 0 Å². The molecular formula is C17H18Cl3NO6. The standard InChI is InChI=1S/C17H18Cl3NO6/c18-17(19,20)9-12(11-5-2-1-3-6-11)27-14(24)16(13(22)23)7-4-8-21(10-16)15(25)26/h1-3,5-6,12H,4,7-10H2,(H,22,23)(H,25,26). The monoisotopic (exact) mass is 437 g/mol. The molecule has 2 unspecified atom stereocenters. The average Bonchev–Trinajstić information content (AvgIpc) is 2.60. The first-order chi connectivity index (χ1) is 12.5. The molecule has 1 aromatic carbocycles. The first-order valence-electron chi connectivity index (χ1n) is 8.09.